The van der Waals surface area contributed by atoms with Gasteiger partial charge in [-0.3, -0.25) is 0 Å². The summed E-state index contributed by atoms with van der Waals surface area (Å²) in [5, 5.41) is 1.24. The van der Waals surface area contributed by atoms with Gasteiger partial charge in [0.2, 0.25) is 0 Å². The SMILES string of the molecule is CCCc1cc(C)c2cc[nH]c2c1N. The minimum atomic E-state index is 0.914. The number of aryl methyl sites for hydroxylation is 2. The Bertz CT molecular complexity index is 455. The van der Waals surface area contributed by atoms with Crippen molar-refractivity contribution >= 4 is 16.6 Å². The first kappa shape index (κ1) is 9.13. The van der Waals surface area contributed by atoms with Crippen LogP contribution in [-0.2, 0) is 6.42 Å². The summed E-state index contributed by atoms with van der Waals surface area (Å²) in [6.07, 6.45) is 4.14. The Morgan fingerprint density at radius 3 is 2.93 bits per heavy atom. The topological polar surface area (TPSA) is 41.8 Å². The molecule has 74 valence electrons. The fraction of sp³-hybridized carbons (Fsp3) is 0.333. The molecule has 14 heavy (non-hydrogen) atoms. The summed E-state index contributed by atoms with van der Waals surface area (Å²) in [5.74, 6) is 0. The van der Waals surface area contributed by atoms with Gasteiger partial charge in [-0.05, 0) is 30.5 Å². The normalized spacial score (nSPS) is 11.0. The van der Waals surface area contributed by atoms with Crippen molar-refractivity contribution in [2.45, 2.75) is 26.7 Å². The van der Waals surface area contributed by atoms with Gasteiger partial charge in [0.1, 0.15) is 0 Å². The molecule has 2 rings (SSSR count). The molecule has 0 saturated carbocycles. The van der Waals surface area contributed by atoms with E-state index in [1.54, 1.807) is 0 Å². The number of rotatable bonds is 2. The lowest BCUT2D eigenvalue weighted by Crippen LogP contribution is -1.96. The number of benzene rings is 1. The molecule has 0 bridgehead atoms. The predicted octanol–water partition coefficient (Wildman–Crippen LogP) is 3.01. The molecule has 0 unspecified atom stereocenters. The molecule has 0 amide bonds. The number of hydrogen-bond donors (Lipinski definition) is 2. The Kier molecular flexibility index (Phi) is 2.20. The van der Waals surface area contributed by atoms with Gasteiger partial charge in [-0.2, -0.15) is 0 Å². The Hall–Kier alpha value is -1.44. The van der Waals surface area contributed by atoms with Crippen LogP contribution in [-0.4, -0.2) is 4.98 Å². The first-order valence-electron chi connectivity index (χ1n) is 5.09. The quantitative estimate of drug-likeness (QED) is 0.699. The van der Waals surface area contributed by atoms with Crippen LogP contribution in [0.1, 0.15) is 24.5 Å². The summed E-state index contributed by atoms with van der Waals surface area (Å²) < 4.78 is 0. The highest BCUT2D eigenvalue weighted by Crippen LogP contribution is 2.27. The van der Waals surface area contributed by atoms with E-state index >= 15 is 0 Å². The molecule has 0 fully saturated rings. The van der Waals surface area contributed by atoms with Crippen molar-refractivity contribution in [1.82, 2.24) is 4.98 Å². The molecule has 0 aliphatic rings. The number of hydrogen-bond acceptors (Lipinski definition) is 1. The molecule has 0 saturated heterocycles. The summed E-state index contributed by atoms with van der Waals surface area (Å²) in [6, 6.07) is 4.28. The molecule has 1 heterocycles. The third-order valence-electron chi connectivity index (χ3n) is 2.70. The molecule has 3 N–H and O–H groups in total. The van der Waals surface area contributed by atoms with Gasteiger partial charge in [-0.15, -0.1) is 0 Å². The average Bonchev–Trinajstić information content (AvgIpc) is 2.63. The van der Waals surface area contributed by atoms with Crippen LogP contribution in [0.5, 0.6) is 0 Å². The number of H-pyrrole nitrogens is 1. The number of nitrogens with two attached hydrogens (primary N) is 1. The highest BCUT2D eigenvalue weighted by atomic mass is 14.7. The van der Waals surface area contributed by atoms with Crippen LogP contribution in [0.15, 0.2) is 18.3 Å². The van der Waals surface area contributed by atoms with Crippen molar-refractivity contribution in [3.05, 3.63) is 29.5 Å². The van der Waals surface area contributed by atoms with E-state index < -0.39 is 0 Å². The molecule has 0 aliphatic heterocycles. The second kappa shape index (κ2) is 3.37. The largest absolute Gasteiger partial charge is 0.397 e. The molecule has 1 aromatic heterocycles. The standard InChI is InChI=1S/C12H16N2/c1-3-4-9-7-8(2)10-5-6-14-12(10)11(9)13/h5-7,14H,3-4,13H2,1-2H3. The summed E-state index contributed by atoms with van der Waals surface area (Å²) in [5.41, 5.74) is 10.7. The summed E-state index contributed by atoms with van der Waals surface area (Å²) in [7, 11) is 0. The molecule has 0 aliphatic carbocycles. The zero-order valence-electron chi connectivity index (χ0n) is 8.72. The second-order valence-corrected chi connectivity index (χ2v) is 3.78. The maximum Gasteiger partial charge on any atom is 0.0693 e. The van der Waals surface area contributed by atoms with Gasteiger partial charge >= 0.3 is 0 Å². The van der Waals surface area contributed by atoms with Crippen LogP contribution in [0.3, 0.4) is 0 Å². The Morgan fingerprint density at radius 2 is 2.21 bits per heavy atom. The van der Waals surface area contributed by atoms with Crippen molar-refractivity contribution in [3.63, 3.8) is 0 Å². The molecule has 0 radical (unpaired) electrons. The van der Waals surface area contributed by atoms with Gasteiger partial charge in [-0.25, -0.2) is 0 Å². The van der Waals surface area contributed by atoms with E-state index in [1.807, 2.05) is 6.20 Å². The Labute approximate surface area is 84.1 Å². The maximum atomic E-state index is 6.09. The number of nitrogen functional groups attached to an aromatic ring is 1. The number of fused-ring (bicyclic) bond motifs is 1. The van der Waals surface area contributed by atoms with Crippen molar-refractivity contribution in [1.29, 1.82) is 0 Å². The number of aromatic nitrogens is 1. The van der Waals surface area contributed by atoms with E-state index in [2.05, 4.69) is 31.0 Å². The van der Waals surface area contributed by atoms with Crippen LogP contribution in [0.2, 0.25) is 0 Å². The Balaban J connectivity index is 2.68. The van der Waals surface area contributed by atoms with E-state index in [4.69, 9.17) is 5.73 Å². The third-order valence-corrected chi connectivity index (χ3v) is 2.70. The van der Waals surface area contributed by atoms with Crippen LogP contribution in [0.25, 0.3) is 10.9 Å². The summed E-state index contributed by atoms with van der Waals surface area (Å²) in [4.78, 5) is 3.20. The van der Waals surface area contributed by atoms with E-state index in [1.165, 1.54) is 16.5 Å². The monoisotopic (exact) mass is 188 g/mol. The lowest BCUT2D eigenvalue weighted by Gasteiger charge is -2.07. The molecule has 2 heteroatoms. The second-order valence-electron chi connectivity index (χ2n) is 3.78. The molecule has 2 nitrogen and oxygen atoms in total. The van der Waals surface area contributed by atoms with E-state index in [0.717, 1.165) is 24.0 Å². The molecule has 1 aromatic carbocycles. The van der Waals surface area contributed by atoms with E-state index in [9.17, 15) is 0 Å². The van der Waals surface area contributed by atoms with Crippen LogP contribution in [0, 0.1) is 6.92 Å². The number of nitrogens with one attached hydrogen (secondary N) is 1. The summed E-state index contributed by atoms with van der Waals surface area (Å²) >= 11 is 0. The first-order valence-corrected chi connectivity index (χ1v) is 5.09. The van der Waals surface area contributed by atoms with Gasteiger partial charge in [0.15, 0.2) is 0 Å². The van der Waals surface area contributed by atoms with Gasteiger partial charge in [0.25, 0.3) is 0 Å². The molecular formula is C12H16N2. The minimum absolute atomic E-state index is 0.914. The van der Waals surface area contributed by atoms with Gasteiger partial charge in [0.05, 0.1) is 11.2 Å². The first-order chi connectivity index (χ1) is 6.74. The van der Waals surface area contributed by atoms with Crippen LogP contribution < -0.4 is 5.73 Å². The summed E-state index contributed by atoms with van der Waals surface area (Å²) in [6.45, 7) is 4.31. The van der Waals surface area contributed by atoms with Gasteiger partial charge < -0.3 is 10.7 Å². The van der Waals surface area contributed by atoms with Crippen molar-refractivity contribution in [2.75, 3.05) is 5.73 Å². The zero-order chi connectivity index (χ0) is 10.1. The number of aromatic amines is 1. The predicted molar refractivity (Wildman–Crippen MR) is 61.4 cm³/mol. The molecule has 0 spiro atoms. The zero-order valence-corrected chi connectivity index (χ0v) is 8.72. The van der Waals surface area contributed by atoms with Crippen molar-refractivity contribution < 1.29 is 0 Å². The van der Waals surface area contributed by atoms with Crippen LogP contribution in [0.4, 0.5) is 5.69 Å². The smallest absolute Gasteiger partial charge is 0.0693 e. The van der Waals surface area contributed by atoms with Gasteiger partial charge in [-0.1, -0.05) is 19.4 Å². The van der Waals surface area contributed by atoms with Crippen LogP contribution >= 0.6 is 0 Å². The third kappa shape index (κ3) is 1.27. The highest BCUT2D eigenvalue weighted by Gasteiger charge is 2.07. The maximum absolute atomic E-state index is 6.09. The van der Waals surface area contributed by atoms with Crippen molar-refractivity contribution in [2.24, 2.45) is 0 Å². The molecule has 2 aromatic rings. The van der Waals surface area contributed by atoms with E-state index in [-0.39, 0.29) is 0 Å². The molecule has 0 atom stereocenters. The lowest BCUT2D eigenvalue weighted by atomic mass is 10.0. The highest BCUT2D eigenvalue weighted by molar-refractivity contribution is 5.93. The average molecular weight is 188 g/mol. The van der Waals surface area contributed by atoms with Gasteiger partial charge in [0, 0.05) is 11.6 Å². The van der Waals surface area contributed by atoms with Crippen molar-refractivity contribution in [3.8, 4) is 0 Å². The fourth-order valence-corrected chi connectivity index (χ4v) is 1.97. The lowest BCUT2D eigenvalue weighted by molar-refractivity contribution is 0.924. The Morgan fingerprint density at radius 1 is 1.43 bits per heavy atom. The van der Waals surface area contributed by atoms with E-state index in [0.29, 0.717) is 0 Å². The minimum Gasteiger partial charge on any atom is -0.397 e. The fourth-order valence-electron chi connectivity index (χ4n) is 1.97. The molecular weight excluding hydrogens is 172 g/mol. The number of anilines is 1.